The maximum absolute atomic E-state index is 6.15. The summed E-state index contributed by atoms with van der Waals surface area (Å²) >= 11 is 0. The van der Waals surface area contributed by atoms with Crippen molar-refractivity contribution < 1.29 is 4.74 Å². The molecule has 0 amide bonds. The van der Waals surface area contributed by atoms with Crippen LogP contribution >= 0.6 is 0 Å². The second kappa shape index (κ2) is 3.28. The van der Waals surface area contributed by atoms with Gasteiger partial charge in [-0.2, -0.15) is 0 Å². The summed E-state index contributed by atoms with van der Waals surface area (Å²) in [5, 5.41) is 0. The normalized spacial score (nSPS) is 25.4. The molecule has 2 N–H and O–H groups in total. The van der Waals surface area contributed by atoms with Crippen molar-refractivity contribution in [2.75, 3.05) is 6.61 Å². The Kier molecular flexibility index (Phi) is 2.23. The van der Waals surface area contributed by atoms with Gasteiger partial charge in [-0.15, -0.1) is 0 Å². The lowest BCUT2D eigenvalue weighted by Crippen LogP contribution is -2.29. The second-order valence-electron chi connectivity index (χ2n) is 4.31. The number of benzene rings is 1. The molecular formula is C12H17NO. The molecule has 2 unspecified atom stereocenters. The van der Waals surface area contributed by atoms with Gasteiger partial charge in [-0.05, 0) is 19.4 Å². The number of ether oxygens (including phenoxy) is 1. The van der Waals surface area contributed by atoms with Crippen LogP contribution in [0.1, 0.15) is 29.7 Å². The smallest absolute Gasteiger partial charge is 0.127 e. The predicted molar refractivity (Wildman–Crippen MR) is 57.5 cm³/mol. The average Bonchev–Trinajstić information content (AvgIpc) is 2.12. The molecule has 76 valence electrons. The van der Waals surface area contributed by atoms with Crippen molar-refractivity contribution in [2.45, 2.75) is 26.8 Å². The van der Waals surface area contributed by atoms with Gasteiger partial charge in [-0.25, -0.2) is 0 Å². The molecule has 0 fully saturated rings. The van der Waals surface area contributed by atoms with Crippen molar-refractivity contribution in [2.24, 2.45) is 11.7 Å². The first-order valence-corrected chi connectivity index (χ1v) is 5.09. The summed E-state index contributed by atoms with van der Waals surface area (Å²) in [6.07, 6.45) is 0. The van der Waals surface area contributed by atoms with Crippen LogP contribution < -0.4 is 10.5 Å². The van der Waals surface area contributed by atoms with Crippen LogP contribution in [0.15, 0.2) is 12.1 Å². The Labute approximate surface area is 85.1 Å². The summed E-state index contributed by atoms with van der Waals surface area (Å²) in [5.41, 5.74) is 9.77. The van der Waals surface area contributed by atoms with Gasteiger partial charge >= 0.3 is 0 Å². The molecule has 0 saturated heterocycles. The summed E-state index contributed by atoms with van der Waals surface area (Å²) in [6.45, 7) is 7.04. The molecule has 0 aliphatic carbocycles. The quantitative estimate of drug-likeness (QED) is 0.683. The standard InChI is InChI=1S/C12H17NO/c1-7-4-8(2)12-10(5-7)11(13)9(3)6-14-12/h4-5,9,11H,6,13H2,1-3H3. The van der Waals surface area contributed by atoms with Gasteiger partial charge in [0.1, 0.15) is 5.75 Å². The molecule has 1 aromatic rings. The first-order chi connectivity index (χ1) is 6.59. The molecule has 0 bridgehead atoms. The lowest BCUT2D eigenvalue weighted by Gasteiger charge is -2.30. The van der Waals surface area contributed by atoms with E-state index in [1.165, 1.54) is 16.7 Å². The number of nitrogens with two attached hydrogens (primary N) is 1. The SMILES string of the molecule is Cc1cc(C)c2c(c1)C(N)C(C)CO2. The fourth-order valence-electron chi connectivity index (χ4n) is 2.06. The number of hydrogen-bond acceptors (Lipinski definition) is 2. The molecule has 2 atom stereocenters. The maximum Gasteiger partial charge on any atom is 0.127 e. The first-order valence-electron chi connectivity index (χ1n) is 5.09. The fraction of sp³-hybridized carbons (Fsp3) is 0.500. The number of hydrogen-bond donors (Lipinski definition) is 1. The van der Waals surface area contributed by atoms with E-state index in [-0.39, 0.29) is 6.04 Å². The van der Waals surface area contributed by atoms with Crippen LogP contribution in [0.25, 0.3) is 0 Å². The molecule has 2 nitrogen and oxygen atoms in total. The van der Waals surface area contributed by atoms with E-state index in [2.05, 4.69) is 32.9 Å². The van der Waals surface area contributed by atoms with E-state index in [4.69, 9.17) is 10.5 Å². The van der Waals surface area contributed by atoms with Crippen LogP contribution in [0.5, 0.6) is 5.75 Å². The summed E-state index contributed by atoms with van der Waals surface area (Å²) in [4.78, 5) is 0. The van der Waals surface area contributed by atoms with Crippen LogP contribution in [-0.2, 0) is 0 Å². The highest BCUT2D eigenvalue weighted by Crippen LogP contribution is 2.36. The number of aryl methyl sites for hydroxylation is 2. The summed E-state index contributed by atoms with van der Waals surface area (Å²) in [5.74, 6) is 1.41. The Hall–Kier alpha value is -1.02. The van der Waals surface area contributed by atoms with E-state index >= 15 is 0 Å². The van der Waals surface area contributed by atoms with E-state index in [9.17, 15) is 0 Å². The van der Waals surface area contributed by atoms with Crippen molar-refractivity contribution in [3.05, 3.63) is 28.8 Å². The highest BCUT2D eigenvalue weighted by atomic mass is 16.5. The molecule has 0 saturated carbocycles. The Balaban J connectivity index is 2.54. The van der Waals surface area contributed by atoms with Crippen molar-refractivity contribution in [1.29, 1.82) is 0 Å². The Bertz CT molecular complexity index is 360. The second-order valence-corrected chi connectivity index (χ2v) is 4.31. The van der Waals surface area contributed by atoms with Crippen LogP contribution in [0, 0.1) is 19.8 Å². The average molecular weight is 191 g/mol. The summed E-state index contributed by atoms with van der Waals surface area (Å²) in [6, 6.07) is 4.40. The molecule has 2 heteroatoms. The third kappa shape index (κ3) is 1.40. The van der Waals surface area contributed by atoms with Gasteiger partial charge in [-0.1, -0.05) is 24.6 Å². The van der Waals surface area contributed by atoms with Crippen LogP contribution in [-0.4, -0.2) is 6.61 Å². The number of fused-ring (bicyclic) bond motifs is 1. The van der Waals surface area contributed by atoms with Crippen LogP contribution in [0.3, 0.4) is 0 Å². The zero-order valence-electron chi connectivity index (χ0n) is 9.00. The molecule has 0 spiro atoms. The third-order valence-corrected chi connectivity index (χ3v) is 2.91. The van der Waals surface area contributed by atoms with E-state index in [1.54, 1.807) is 0 Å². The molecule has 2 rings (SSSR count). The van der Waals surface area contributed by atoms with Gasteiger partial charge in [0.2, 0.25) is 0 Å². The van der Waals surface area contributed by atoms with Gasteiger partial charge in [0.05, 0.1) is 6.61 Å². The Morgan fingerprint density at radius 1 is 1.36 bits per heavy atom. The predicted octanol–water partition coefficient (Wildman–Crippen LogP) is 2.33. The molecule has 1 aliphatic heterocycles. The van der Waals surface area contributed by atoms with E-state index in [0.29, 0.717) is 5.92 Å². The minimum Gasteiger partial charge on any atom is -0.493 e. The Morgan fingerprint density at radius 2 is 2.07 bits per heavy atom. The monoisotopic (exact) mass is 191 g/mol. The Morgan fingerprint density at radius 3 is 2.79 bits per heavy atom. The molecule has 1 aromatic carbocycles. The third-order valence-electron chi connectivity index (χ3n) is 2.91. The van der Waals surface area contributed by atoms with Gasteiger partial charge < -0.3 is 10.5 Å². The van der Waals surface area contributed by atoms with Gasteiger partial charge in [-0.3, -0.25) is 0 Å². The van der Waals surface area contributed by atoms with Crippen molar-refractivity contribution in [3.8, 4) is 5.75 Å². The van der Waals surface area contributed by atoms with E-state index in [0.717, 1.165) is 12.4 Å². The molecule has 0 aromatic heterocycles. The van der Waals surface area contributed by atoms with Crippen molar-refractivity contribution in [1.82, 2.24) is 0 Å². The molecule has 0 radical (unpaired) electrons. The lowest BCUT2D eigenvalue weighted by molar-refractivity contribution is 0.206. The van der Waals surface area contributed by atoms with Gasteiger partial charge in [0, 0.05) is 17.5 Å². The van der Waals surface area contributed by atoms with E-state index in [1.807, 2.05) is 0 Å². The van der Waals surface area contributed by atoms with Crippen molar-refractivity contribution in [3.63, 3.8) is 0 Å². The number of rotatable bonds is 0. The lowest BCUT2D eigenvalue weighted by atomic mass is 9.90. The minimum absolute atomic E-state index is 0.123. The van der Waals surface area contributed by atoms with Gasteiger partial charge in [0.15, 0.2) is 0 Å². The van der Waals surface area contributed by atoms with Crippen molar-refractivity contribution >= 4 is 0 Å². The van der Waals surface area contributed by atoms with Crippen LogP contribution in [0.4, 0.5) is 0 Å². The van der Waals surface area contributed by atoms with E-state index < -0.39 is 0 Å². The minimum atomic E-state index is 0.123. The van der Waals surface area contributed by atoms with Crippen LogP contribution in [0.2, 0.25) is 0 Å². The summed E-state index contributed by atoms with van der Waals surface area (Å²) < 4.78 is 5.71. The zero-order valence-corrected chi connectivity index (χ0v) is 9.00. The zero-order chi connectivity index (χ0) is 10.3. The molecule has 14 heavy (non-hydrogen) atoms. The first kappa shape index (κ1) is 9.53. The molecule has 1 heterocycles. The fourth-order valence-corrected chi connectivity index (χ4v) is 2.06. The maximum atomic E-state index is 6.15. The highest BCUT2D eigenvalue weighted by Gasteiger charge is 2.25. The molecular weight excluding hydrogens is 174 g/mol. The molecule has 1 aliphatic rings. The van der Waals surface area contributed by atoms with Gasteiger partial charge in [0.25, 0.3) is 0 Å². The topological polar surface area (TPSA) is 35.2 Å². The summed E-state index contributed by atoms with van der Waals surface area (Å²) in [7, 11) is 0. The highest BCUT2D eigenvalue weighted by molar-refractivity contribution is 5.46. The largest absolute Gasteiger partial charge is 0.493 e.